The summed E-state index contributed by atoms with van der Waals surface area (Å²) in [5.41, 5.74) is 6.47. The molecule has 3 aromatic heterocycles. The number of carbonyl (C=O) groups excluding carboxylic acids is 1. The molecule has 0 bridgehead atoms. The standard InChI is InChI=1S/C25H33FN8OS/c1-2-14-36-24-31-20-4-3-9-28-21(20)34(24)19-5-10-33(11-6-19)22(35)25(26)7-12-32(13-8-25)17-18-15-29-23(27)30-16-18/h3-4,9,15-16,19H,2,5-8,10-14,17H2,1H3,(H2,27,29,30). The van der Waals surface area contributed by atoms with Gasteiger partial charge in [0.05, 0.1) is 0 Å². The molecule has 2 fully saturated rings. The summed E-state index contributed by atoms with van der Waals surface area (Å²) in [6, 6.07) is 4.10. The molecule has 2 aliphatic heterocycles. The van der Waals surface area contributed by atoms with E-state index in [0.717, 1.165) is 46.9 Å². The first kappa shape index (κ1) is 24.9. The molecule has 2 N–H and O–H groups in total. The molecular weight excluding hydrogens is 479 g/mol. The molecule has 0 saturated carbocycles. The van der Waals surface area contributed by atoms with E-state index >= 15 is 4.39 Å². The van der Waals surface area contributed by atoms with Gasteiger partial charge in [-0.2, -0.15) is 0 Å². The third-order valence-electron chi connectivity index (χ3n) is 7.13. The third-order valence-corrected chi connectivity index (χ3v) is 8.29. The van der Waals surface area contributed by atoms with Crippen LogP contribution in [0.1, 0.15) is 50.6 Å². The molecule has 0 unspecified atom stereocenters. The number of piperidine rings is 2. The first-order valence-corrected chi connectivity index (χ1v) is 13.7. The van der Waals surface area contributed by atoms with Gasteiger partial charge in [-0.1, -0.05) is 18.7 Å². The van der Waals surface area contributed by atoms with E-state index in [9.17, 15) is 4.79 Å². The molecule has 0 spiro atoms. The van der Waals surface area contributed by atoms with Gasteiger partial charge in [0.2, 0.25) is 5.95 Å². The summed E-state index contributed by atoms with van der Waals surface area (Å²) in [4.78, 5) is 34.6. The average Bonchev–Trinajstić information content (AvgIpc) is 3.28. The Morgan fingerprint density at radius 2 is 1.89 bits per heavy atom. The maximum Gasteiger partial charge on any atom is 0.260 e. The van der Waals surface area contributed by atoms with Crippen LogP contribution in [0.25, 0.3) is 11.2 Å². The fraction of sp³-hybridized carbons (Fsp3) is 0.560. The Bertz CT molecular complexity index is 1190. The maximum atomic E-state index is 15.8. The SMILES string of the molecule is CCCSc1nc2cccnc2n1C1CCN(C(=O)C2(F)CCN(Cc3cnc(N)nc3)CC2)CC1. The molecule has 9 nitrogen and oxygen atoms in total. The van der Waals surface area contributed by atoms with Crippen LogP contribution in [0.2, 0.25) is 0 Å². The number of carbonyl (C=O) groups is 1. The van der Waals surface area contributed by atoms with E-state index in [0.29, 0.717) is 32.7 Å². The number of rotatable bonds is 7. The molecule has 0 aromatic carbocycles. The van der Waals surface area contributed by atoms with Crippen molar-refractivity contribution in [3.05, 3.63) is 36.3 Å². The second kappa shape index (κ2) is 10.7. The maximum absolute atomic E-state index is 15.8. The molecule has 1 amide bonds. The predicted molar refractivity (Wildman–Crippen MR) is 138 cm³/mol. The zero-order chi connectivity index (χ0) is 25.1. The van der Waals surface area contributed by atoms with Gasteiger partial charge in [0, 0.05) is 81.5 Å². The van der Waals surface area contributed by atoms with Crippen molar-refractivity contribution in [3.8, 4) is 0 Å². The Balaban J connectivity index is 1.19. The van der Waals surface area contributed by atoms with Crippen LogP contribution in [0.3, 0.4) is 0 Å². The number of nitrogen functional groups attached to an aromatic ring is 1. The Labute approximate surface area is 214 Å². The summed E-state index contributed by atoms with van der Waals surface area (Å²) in [6.07, 6.45) is 8.20. The molecular formula is C25H33FN8OS. The van der Waals surface area contributed by atoms with Gasteiger partial charge in [-0.25, -0.2) is 24.3 Å². The van der Waals surface area contributed by atoms with E-state index < -0.39 is 5.67 Å². The Morgan fingerprint density at radius 1 is 1.17 bits per heavy atom. The number of aromatic nitrogens is 5. The van der Waals surface area contributed by atoms with Gasteiger partial charge in [-0.05, 0) is 31.4 Å². The van der Waals surface area contributed by atoms with Crippen LogP contribution >= 0.6 is 11.8 Å². The summed E-state index contributed by atoms with van der Waals surface area (Å²) >= 11 is 1.75. The summed E-state index contributed by atoms with van der Waals surface area (Å²) in [5, 5.41) is 0.983. The highest BCUT2D eigenvalue weighted by atomic mass is 32.2. The van der Waals surface area contributed by atoms with Crippen LogP contribution in [0.15, 0.2) is 35.9 Å². The van der Waals surface area contributed by atoms with Gasteiger partial charge in [0.25, 0.3) is 5.91 Å². The van der Waals surface area contributed by atoms with Crippen molar-refractivity contribution in [2.45, 2.75) is 62.4 Å². The number of amides is 1. The van der Waals surface area contributed by atoms with Gasteiger partial charge in [-0.3, -0.25) is 9.69 Å². The molecule has 192 valence electrons. The van der Waals surface area contributed by atoms with Gasteiger partial charge in [0.1, 0.15) is 5.52 Å². The van der Waals surface area contributed by atoms with Crippen molar-refractivity contribution >= 4 is 34.8 Å². The number of anilines is 1. The van der Waals surface area contributed by atoms with Crippen molar-refractivity contribution in [2.24, 2.45) is 0 Å². The Hall–Kier alpha value is -2.79. The van der Waals surface area contributed by atoms with Crippen LogP contribution < -0.4 is 5.73 Å². The number of likely N-dealkylation sites (tertiary alicyclic amines) is 2. The van der Waals surface area contributed by atoms with Crippen LogP contribution in [0.4, 0.5) is 10.3 Å². The first-order valence-electron chi connectivity index (χ1n) is 12.7. The molecule has 2 aliphatic rings. The zero-order valence-electron chi connectivity index (χ0n) is 20.6. The van der Waals surface area contributed by atoms with Crippen LogP contribution in [0, 0.1) is 0 Å². The highest BCUT2D eigenvalue weighted by molar-refractivity contribution is 7.99. The smallest absolute Gasteiger partial charge is 0.260 e. The number of imidazole rings is 1. The van der Waals surface area contributed by atoms with Gasteiger partial charge < -0.3 is 15.2 Å². The molecule has 11 heteroatoms. The summed E-state index contributed by atoms with van der Waals surface area (Å²) in [5.74, 6) is 0.876. The number of nitrogens with zero attached hydrogens (tertiary/aromatic N) is 7. The van der Waals surface area contributed by atoms with Crippen molar-refractivity contribution in [1.29, 1.82) is 0 Å². The molecule has 5 rings (SSSR count). The number of hydrogen-bond donors (Lipinski definition) is 1. The second-order valence-electron chi connectivity index (χ2n) is 9.67. The normalized spacial score (nSPS) is 19.1. The van der Waals surface area contributed by atoms with Crippen LogP contribution in [-0.4, -0.2) is 77.8 Å². The van der Waals surface area contributed by atoms with E-state index in [1.54, 1.807) is 35.3 Å². The first-order chi connectivity index (χ1) is 17.5. The fourth-order valence-corrected chi connectivity index (χ4v) is 6.05. The number of hydrogen-bond acceptors (Lipinski definition) is 8. The molecule has 36 heavy (non-hydrogen) atoms. The second-order valence-corrected chi connectivity index (χ2v) is 10.7. The lowest BCUT2D eigenvalue weighted by Gasteiger charge is -2.40. The molecule has 5 heterocycles. The van der Waals surface area contributed by atoms with Gasteiger partial charge in [0.15, 0.2) is 16.5 Å². The van der Waals surface area contributed by atoms with Crippen molar-refractivity contribution in [2.75, 3.05) is 37.7 Å². The van der Waals surface area contributed by atoms with E-state index in [-0.39, 0.29) is 30.7 Å². The number of alkyl halides is 1. The summed E-state index contributed by atoms with van der Waals surface area (Å²) < 4.78 is 18.0. The van der Waals surface area contributed by atoms with Crippen molar-refractivity contribution in [3.63, 3.8) is 0 Å². The third kappa shape index (κ3) is 5.17. The monoisotopic (exact) mass is 512 g/mol. The Morgan fingerprint density at radius 3 is 2.58 bits per heavy atom. The largest absolute Gasteiger partial charge is 0.368 e. The average molecular weight is 513 g/mol. The number of thioether (sulfide) groups is 1. The predicted octanol–water partition coefficient (Wildman–Crippen LogP) is 3.47. The number of nitrogens with two attached hydrogens (primary N) is 1. The number of fused-ring (bicyclic) bond motifs is 1. The lowest BCUT2D eigenvalue weighted by atomic mass is 9.90. The lowest BCUT2D eigenvalue weighted by Crippen LogP contribution is -2.53. The topological polar surface area (TPSA) is 106 Å². The number of halogens is 1. The number of pyridine rings is 1. The minimum absolute atomic E-state index is 0.202. The zero-order valence-corrected chi connectivity index (χ0v) is 21.5. The summed E-state index contributed by atoms with van der Waals surface area (Å²) in [6.45, 7) is 4.92. The van der Waals surface area contributed by atoms with E-state index in [2.05, 4.69) is 31.3 Å². The molecule has 3 aromatic rings. The molecule has 2 saturated heterocycles. The van der Waals surface area contributed by atoms with Crippen LogP contribution in [-0.2, 0) is 11.3 Å². The van der Waals surface area contributed by atoms with E-state index in [1.165, 1.54) is 0 Å². The quantitative estimate of drug-likeness (QED) is 0.480. The van der Waals surface area contributed by atoms with E-state index in [1.807, 2.05) is 12.1 Å². The van der Waals surface area contributed by atoms with E-state index in [4.69, 9.17) is 10.7 Å². The highest BCUT2D eigenvalue weighted by Gasteiger charge is 2.45. The Kier molecular flexibility index (Phi) is 7.38. The highest BCUT2D eigenvalue weighted by Crippen LogP contribution is 2.35. The van der Waals surface area contributed by atoms with Gasteiger partial charge >= 0.3 is 0 Å². The minimum atomic E-state index is -1.80. The van der Waals surface area contributed by atoms with Gasteiger partial charge in [-0.15, -0.1) is 0 Å². The molecule has 0 aliphatic carbocycles. The molecule has 0 radical (unpaired) electrons. The van der Waals surface area contributed by atoms with Crippen LogP contribution in [0.5, 0.6) is 0 Å². The fourth-order valence-electron chi connectivity index (χ4n) is 5.13. The lowest BCUT2D eigenvalue weighted by molar-refractivity contribution is -0.149. The van der Waals surface area contributed by atoms with Crippen molar-refractivity contribution < 1.29 is 9.18 Å². The minimum Gasteiger partial charge on any atom is -0.368 e. The van der Waals surface area contributed by atoms with Crippen molar-refractivity contribution in [1.82, 2.24) is 34.3 Å². The molecule has 0 atom stereocenters. The summed E-state index contributed by atoms with van der Waals surface area (Å²) in [7, 11) is 0.